The Morgan fingerprint density at radius 2 is 2.39 bits per heavy atom. The van der Waals surface area contributed by atoms with E-state index in [-0.39, 0.29) is 5.92 Å². The maximum atomic E-state index is 12.3. The van der Waals surface area contributed by atoms with E-state index in [1.807, 2.05) is 4.68 Å². The number of aryl methyl sites for hydroxylation is 2. The molecule has 1 saturated heterocycles. The molecule has 0 bridgehead atoms. The van der Waals surface area contributed by atoms with Crippen LogP contribution in [0.1, 0.15) is 38.1 Å². The summed E-state index contributed by atoms with van der Waals surface area (Å²) in [5.41, 5.74) is 2.16. The van der Waals surface area contributed by atoms with E-state index in [9.17, 15) is 4.79 Å². The van der Waals surface area contributed by atoms with E-state index < -0.39 is 0 Å². The van der Waals surface area contributed by atoms with Gasteiger partial charge in [-0.05, 0) is 38.8 Å². The van der Waals surface area contributed by atoms with Crippen molar-refractivity contribution < 1.29 is 4.79 Å². The lowest BCUT2D eigenvalue weighted by Gasteiger charge is -2.21. The topological polar surface area (TPSA) is 46.9 Å². The monoisotopic (exact) mass is 249 g/mol. The highest BCUT2D eigenvalue weighted by Crippen LogP contribution is 2.15. The van der Waals surface area contributed by atoms with E-state index in [1.165, 1.54) is 0 Å². The predicted molar refractivity (Wildman–Crippen MR) is 71.6 cm³/mol. The number of Topliss-reactive ketones (excluding diaryl/α,β-unsaturated/α-hetero) is 1. The smallest absolute Gasteiger partial charge is 0.143 e. The number of hydrogen-bond donors (Lipinski definition) is 1. The molecule has 1 atom stereocenters. The number of rotatable bonds is 5. The summed E-state index contributed by atoms with van der Waals surface area (Å²) >= 11 is 0. The molecule has 0 aromatic carbocycles. The minimum absolute atomic E-state index is 0.198. The molecule has 2 rings (SSSR count). The first-order chi connectivity index (χ1) is 8.74. The zero-order valence-corrected chi connectivity index (χ0v) is 11.4. The van der Waals surface area contributed by atoms with Gasteiger partial charge in [0, 0.05) is 31.1 Å². The molecule has 1 unspecified atom stereocenters. The minimum atomic E-state index is 0.198. The van der Waals surface area contributed by atoms with Crippen molar-refractivity contribution in [3.05, 3.63) is 17.5 Å². The van der Waals surface area contributed by atoms with E-state index in [4.69, 9.17) is 0 Å². The molecule has 4 heteroatoms. The van der Waals surface area contributed by atoms with Crippen LogP contribution in [0.4, 0.5) is 0 Å². The third-order valence-corrected chi connectivity index (χ3v) is 3.68. The molecule has 1 aliphatic rings. The summed E-state index contributed by atoms with van der Waals surface area (Å²) in [4.78, 5) is 12.3. The van der Waals surface area contributed by atoms with Gasteiger partial charge in [0.25, 0.3) is 0 Å². The van der Waals surface area contributed by atoms with Gasteiger partial charge in [-0.25, -0.2) is 0 Å². The molecule has 0 saturated carbocycles. The number of nitrogens with one attached hydrogen (secondary N) is 1. The average molecular weight is 249 g/mol. The van der Waals surface area contributed by atoms with Crippen molar-refractivity contribution in [3.8, 4) is 0 Å². The molecule has 1 aromatic heterocycles. The molecular weight excluding hydrogens is 226 g/mol. The third-order valence-electron chi connectivity index (χ3n) is 3.68. The van der Waals surface area contributed by atoms with Gasteiger partial charge in [0.1, 0.15) is 5.78 Å². The van der Waals surface area contributed by atoms with Crippen molar-refractivity contribution in [1.82, 2.24) is 15.1 Å². The second kappa shape index (κ2) is 6.14. The summed E-state index contributed by atoms with van der Waals surface area (Å²) in [5.74, 6) is 0.559. The van der Waals surface area contributed by atoms with Crippen LogP contribution in [0.3, 0.4) is 0 Å². The molecule has 0 spiro atoms. The van der Waals surface area contributed by atoms with Crippen LogP contribution in [-0.2, 0) is 24.2 Å². The number of carbonyl (C=O) groups excluding carboxylic acids is 1. The number of ketones is 1. The molecule has 4 nitrogen and oxygen atoms in total. The highest BCUT2D eigenvalue weighted by Gasteiger charge is 2.22. The lowest BCUT2D eigenvalue weighted by Crippen LogP contribution is -2.35. The molecular formula is C14H23N3O. The van der Waals surface area contributed by atoms with Crippen LogP contribution in [0.25, 0.3) is 0 Å². The van der Waals surface area contributed by atoms with Gasteiger partial charge in [-0.2, -0.15) is 5.10 Å². The van der Waals surface area contributed by atoms with Crippen LogP contribution in [0, 0.1) is 5.92 Å². The van der Waals surface area contributed by atoms with Crippen molar-refractivity contribution >= 4 is 5.78 Å². The molecule has 0 radical (unpaired) electrons. The summed E-state index contributed by atoms with van der Waals surface area (Å²) in [7, 11) is 0. The summed E-state index contributed by atoms with van der Waals surface area (Å²) in [6.07, 6.45) is 3.61. The normalized spacial score (nSPS) is 20.0. The van der Waals surface area contributed by atoms with Crippen LogP contribution in [0.2, 0.25) is 0 Å². The minimum Gasteiger partial charge on any atom is -0.316 e. The molecule has 1 aromatic rings. The fourth-order valence-corrected chi connectivity index (χ4v) is 2.55. The van der Waals surface area contributed by atoms with Gasteiger partial charge in [0.05, 0.1) is 5.69 Å². The predicted octanol–water partition coefficient (Wildman–Crippen LogP) is 1.58. The van der Waals surface area contributed by atoms with Gasteiger partial charge in [-0.1, -0.05) is 6.92 Å². The van der Waals surface area contributed by atoms with Crippen molar-refractivity contribution in [2.24, 2.45) is 5.92 Å². The molecule has 0 aliphatic carbocycles. The van der Waals surface area contributed by atoms with Crippen molar-refractivity contribution in [3.63, 3.8) is 0 Å². The van der Waals surface area contributed by atoms with Gasteiger partial charge >= 0.3 is 0 Å². The largest absolute Gasteiger partial charge is 0.316 e. The Kier molecular flexibility index (Phi) is 4.53. The quantitative estimate of drug-likeness (QED) is 0.862. The Morgan fingerprint density at radius 1 is 1.56 bits per heavy atom. The number of piperidine rings is 1. The Balaban J connectivity index is 2.03. The van der Waals surface area contributed by atoms with Crippen molar-refractivity contribution in [2.75, 3.05) is 13.1 Å². The first-order valence-corrected chi connectivity index (χ1v) is 7.03. The van der Waals surface area contributed by atoms with Crippen LogP contribution in [-0.4, -0.2) is 28.7 Å². The average Bonchev–Trinajstić information content (AvgIpc) is 2.82. The zero-order chi connectivity index (χ0) is 13.0. The van der Waals surface area contributed by atoms with Crippen LogP contribution in [0.15, 0.2) is 6.07 Å². The highest BCUT2D eigenvalue weighted by molar-refractivity contribution is 5.83. The van der Waals surface area contributed by atoms with Gasteiger partial charge < -0.3 is 5.32 Å². The second-order valence-electron chi connectivity index (χ2n) is 4.98. The van der Waals surface area contributed by atoms with Gasteiger partial charge in [0.15, 0.2) is 0 Å². The second-order valence-corrected chi connectivity index (χ2v) is 4.98. The molecule has 18 heavy (non-hydrogen) atoms. The van der Waals surface area contributed by atoms with E-state index in [0.29, 0.717) is 12.2 Å². The third kappa shape index (κ3) is 2.99. The Bertz CT molecular complexity index is 405. The lowest BCUT2D eigenvalue weighted by atomic mass is 9.92. The fraction of sp³-hybridized carbons (Fsp3) is 0.714. The summed E-state index contributed by atoms with van der Waals surface area (Å²) < 4.78 is 1.97. The zero-order valence-electron chi connectivity index (χ0n) is 11.4. The first kappa shape index (κ1) is 13.3. The van der Waals surface area contributed by atoms with E-state index >= 15 is 0 Å². The van der Waals surface area contributed by atoms with E-state index in [0.717, 1.165) is 50.3 Å². The Hall–Kier alpha value is -1.16. The van der Waals surface area contributed by atoms with Gasteiger partial charge in [0.2, 0.25) is 0 Å². The van der Waals surface area contributed by atoms with Crippen LogP contribution >= 0.6 is 0 Å². The summed E-state index contributed by atoms with van der Waals surface area (Å²) in [6.45, 7) is 6.91. The highest BCUT2D eigenvalue weighted by atomic mass is 16.1. The molecule has 1 aliphatic heterocycles. The van der Waals surface area contributed by atoms with Crippen molar-refractivity contribution in [2.45, 2.75) is 46.1 Å². The lowest BCUT2D eigenvalue weighted by molar-refractivity contribution is -0.122. The fourth-order valence-electron chi connectivity index (χ4n) is 2.55. The Labute approximate surface area is 109 Å². The number of carbonyl (C=O) groups is 1. The van der Waals surface area contributed by atoms with Crippen LogP contribution in [0.5, 0.6) is 0 Å². The molecule has 2 heterocycles. The van der Waals surface area contributed by atoms with E-state index in [1.54, 1.807) is 0 Å². The molecule has 0 amide bonds. The maximum absolute atomic E-state index is 12.3. The van der Waals surface area contributed by atoms with Crippen LogP contribution < -0.4 is 5.32 Å². The summed E-state index contributed by atoms with van der Waals surface area (Å²) in [5, 5.41) is 7.80. The first-order valence-electron chi connectivity index (χ1n) is 7.03. The number of hydrogen-bond acceptors (Lipinski definition) is 3. The molecule has 1 fully saturated rings. The van der Waals surface area contributed by atoms with E-state index in [2.05, 4.69) is 30.3 Å². The van der Waals surface area contributed by atoms with Gasteiger partial charge in [-0.3, -0.25) is 9.48 Å². The maximum Gasteiger partial charge on any atom is 0.143 e. The SMILES string of the molecule is CCc1cc(CC(=O)C2CCCNC2)n(CC)n1. The number of nitrogens with zero attached hydrogens (tertiary/aromatic N) is 2. The number of aromatic nitrogens is 2. The summed E-state index contributed by atoms with van der Waals surface area (Å²) in [6, 6.07) is 2.08. The Morgan fingerprint density at radius 3 is 3.00 bits per heavy atom. The van der Waals surface area contributed by atoms with Crippen molar-refractivity contribution in [1.29, 1.82) is 0 Å². The molecule has 1 N–H and O–H groups in total. The standard InChI is InChI=1S/C14H23N3O/c1-3-12-8-13(17(4-2)16-12)9-14(18)11-6-5-7-15-10-11/h8,11,15H,3-7,9-10H2,1-2H3. The van der Waals surface area contributed by atoms with Gasteiger partial charge in [-0.15, -0.1) is 0 Å². The molecule has 100 valence electrons.